The number of amides is 2. The van der Waals surface area contributed by atoms with E-state index in [0.29, 0.717) is 5.92 Å². The zero-order valence-electron chi connectivity index (χ0n) is 11.6. The molecule has 2 amide bonds. The van der Waals surface area contributed by atoms with Crippen LogP contribution in [0, 0.1) is 5.92 Å². The van der Waals surface area contributed by atoms with Crippen molar-refractivity contribution in [3.8, 4) is 0 Å². The molecule has 96 valence electrons. The Kier molecular flexibility index (Phi) is 7.13. The molecule has 0 rings (SSSR count). The highest BCUT2D eigenvalue weighted by atomic mass is 16.2. The Bertz CT molecular complexity index is 202. The molecule has 0 aromatic heterocycles. The molecule has 0 heterocycles. The molecule has 0 saturated heterocycles. The van der Waals surface area contributed by atoms with Gasteiger partial charge < -0.3 is 15.1 Å². The summed E-state index contributed by atoms with van der Waals surface area (Å²) in [6, 6.07) is 0.243. The first kappa shape index (κ1) is 15.2. The van der Waals surface area contributed by atoms with Crippen molar-refractivity contribution in [3.63, 3.8) is 0 Å². The Morgan fingerprint density at radius 2 is 1.69 bits per heavy atom. The second-order valence-corrected chi connectivity index (χ2v) is 5.25. The van der Waals surface area contributed by atoms with E-state index < -0.39 is 0 Å². The van der Waals surface area contributed by atoms with Crippen LogP contribution in [0.2, 0.25) is 0 Å². The molecule has 0 fully saturated rings. The monoisotopic (exact) mass is 229 g/mol. The maximum atomic E-state index is 11.9. The Hall–Kier alpha value is -0.770. The van der Waals surface area contributed by atoms with Gasteiger partial charge in [0.05, 0.1) is 0 Å². The average Bonchev–Trinajstić information content (AvgIpc) is 2.09. The smallest absolute Gasteiger partial charge is 0.317 e. The Labute approximate surface area is 100.0 Å². The van der Waals surface area contributed by atoms with Crippen LogP contribution in [0.3, 0.4) is 0 Å². The third-order valence-corrected chi connectivity index (χ3v) is 2.10. The number of hydrogen-bond acceptors (Lipinski definition) is 2. The maximum Gasteiger partial charge on any atom is 0.317 e. The minimum atomic E-state index is 0.0468. The first-order chi connectivity index (χ1) is 7.32. The van der Waals surface area contributed by atoms with Crippen LogP contribution in [0.4, 0.5) is 4.79 Å². The van der Waals surface area contributed by atoms with Crippen molar-refractivity contribution in [2.45, 2.75) is 33.7 Å². The van der Waals surface area contributed by atoms with Crippen molar-refractivity contribution in [2.24, 2.45) is 5.92 Å². The van der Waals surface area contributed by atoms with Gasteiger partial charge in [0.15, 0.2) is 0 Å². The molecule has 0 bridgehead atoms. The van der Waals surface area contributed by atoms with Gasteiger partial charge in [-0.25, -0.2) is 4.79 Å². The number of hydrogen-bond donors (Lipinski definition) is 1. The molecule has 0 unspecified atom stereocenters. The highest BCUT2D eigenvalue weighted by Gasteiger charge is 2.15. The number of carbonyl (C=O) groups is 1. The fourth-order valence-corrected chi connectivity index (χ4v) is 1.38. The lowest BCUT2D eigenvalue weighted by molar-refractivity contribution is 0.182. The molecular weight excluding hydrogens is 202 g/mol. The highest BCUT2D eigenvalue weighted by molar-refractivity contribution is 5.74. The SMILES string of the molecule is CC(C)CN(CCN(C)C)C(=O)NC(C)C. The molecule has 0 aliphatic heterocycles. The summed E-state index contributed by atoms with van der Waals surface area (Å²) in [5.74, 6) is 0.500. The lowest BCUT2D eigenvalue weighted by Crippen LogP contribution is -2.46. The van der Waals surface area contributed by atoms with Crippen molar-refractivity contribution in [2.75, 3.05) is 33.7 Å². The predicted molar refractivity (Wildman–Crippen MR) is 68.6 cm³/mol. The number of nitrogens with one attached hydrogen (secondary N) is 1. The molecule has 1 N–H and O–H groups in total. The zero-order chi connectivity index (χ0) is 12.7. The zero-order valence-corrected chi connectivity index (χ0v) is 11.6. The molecule has 0 atom stereocenters. The number of likely N-dealkylation sites (N-methyl/N-ethyl adjacent to an activating group) is 1. The van der Waals surface area contributed by atoms with Crippen molar-refractivity contribution >= 4 is 6.03 Å². The molecule has 16 heavy (non-hydrogen) atoms. The molecule has 0 radical (unpaired) electrons. The van der Waals surface area contributed by atoms with Crippen LogP contribution in [0.25, 0.3) is 0 Å². The number of urea groups is 1. The Morgan fingerprint density at radius 1 is 1.12 bits per heavy atom. The van der Waals surface area contributed by atoms with E-state index in [2.05, 4.69) is 24.1 Å². The fourth-order valence-electron chi connectivity index (χ4n) is 1.38. The van der Waals surface area contributed by atoms with Gasteiger partial charge in [-0.1, -0.05) is 13.8 Å². The Balaban J connectivity index is 4.23. The van der Waals surface area contributed by atoms with Crippen molar-refractivity contribution in [1.29, 1.82) is 0 Å². The summed E-state index contributed by atoms with van der Waals surface area (Å²) in [4.78, 5) is 15.9. The molecule has 0 aromatic carbocycles. The van der Waals surface area contributed by atoms with E-state index in [0.717, 1.165) is 19.6 Å². The number of nitrogens with zero attached hydrogens (tertiary/aromatic N) is 2. The van der Waals surface area contributed by atoms with E-state index in [1.54, 1.807) is 0 Å². The summed E-state index contributed by atoms with van der Waals surface area (Å²) in [7, 11) is 4.04. The standard InChI is InChI=1S/C12H27N3O/c1-10(2)9-15(8-7-14(5)6)12(16)13-11(3)4/h10-11H,7-9H2,1-6H3,(H,13,16). The van der Waals surface area contributed by atoms with E-state index >= 15 is 0 Å². The van der Waals surface area contributed by atoms with Gasteiger partial charge in [0, 0.05) is 25.7 Å². The van der Waals surface area contributed by atoms with Crippen LogP contribution in [-0.2, 0) is 0 Å². The van der Waals surface area contributed by atoms with Crippen LogP contribution in [-0.4, -0.2) is 55.6 Å². The predicted octanol–water partition coefficient (Wildman–Crippen LogP) is 1.62. The van der Waals surface area contributed by atoms with Gasteiger partial charge in [0.1, 0.15) is 0 Å². The fraction of sp³-hybridized carbons (Fsp3) is 0.917. The normalized spacial score (nSPS) is 11.3. The highest BCUT2D eigenvalue weighted by Crippen LogP contribution is 2.00. The third kappa shape index (κ3) is 7.51. The van der Waals surface area contributed by atoms with Gasteiger partial charge in [0.2, 0.25) is 0 Å². The van der Waals surface area contributed by atoms with Crippen LogP contribution >= 0.6 is 0 Å². The number of rotatable bonds is 6. The largest absolute Gasteiger partial charge is 0.336 e. The van der Waals surface area contributed by atoms with Crippen molar-refractivity contribution in [3.05, 3.63) is 0 Å². The van der Waals surface area contributed by atoms with Gasteiger partial charge >= 0.3 is 6.03 Å². The molecule has 0 saturated carbocycles. The molecular formula is C12H27N3O. The minimum Gasteiger partial charge on any atom is -0.336 e. The average molecular weight is 229 g/mol. The second kappa shape index (κ2) is 7.49. The van der Waals surface area contributed by atoms with Crippen LogP contribution < -0.4 is 5.32 Å². The van der Waals surface area contributed by atoms with Crippen LogP contribution in [0.5, 0.6) is 0 Å². The van der Waals surface area contributed by atoms with Gasteiger partial charge in [-0.2, -0.15) is 0 Å². The summed E-state index contributed by atoms with van der Waals surface area (Å²) in [5, 5.41) is 2.94. The van der Waals surface area contributed by atoms with Crippen molar-refractivity contribution < 1.29 is 4.79 Å². The summed E-state index contributed by atoms with van der Waals surface area (Å²) >= 11 is 0. The molecule has 4 heteroatoms. The van der Waals surface area contributed by atoms with Crippen LogP contribution in [0.1, 0.15) is 27.7 Å². The topological polar surface area (TPSA) is 35.6 Å². The molecule has 0 aliphatic rings. The maximum absolute atomic E-state index is 11.9. The quantitative estimate of drug-likeness (QED) is 0.751. The van der Waals surface area contributed by atoms with E-state index in [4.69, 9.17) is 0 Å². The first-order valence-corrected chi connectivity index (χ1v) is 6.03. The molecule has 0 aliphatic carbocycles. The summed E-state index contributed by atoms with van der Waals surface area (Å²) in [6.45, 7) is 10.7. The van der Waals surface area contributed by atoms with Crippen molar-refractivity contribution in [1.82, 2.24) is 15.1 Å². The lowest BCUT2D eigenvalue weighted by atomic mass is 10.2. The molecule has 4 nitrogen and oxygen atoms in total. The van der Waals surface area contributed by atoms with Crippen LogP contribution in [0.15, 0.2) is 0 Å². The number of carbonyl (C=O) groups excluding carboxylic acids is 1. The second-order valence-electron chi connectivity index (χ2n) is 5.25. The van der Waals surface area contributed by atoms with Gasteiger partial charge in [-0.15, -0.1) is 0 Å². The van der Waals surface area contributed by atoms with Gasteiger partial charge in [-0.05, 0) is 33.9 Å². The van der Waals surface area contributed by atoms with Gasteiger partial charge in [0.25, 0.3) is 0 Å². The van der Waals surface area contributed by atoms with E-state index in [1.807, 2.05) is 32.8 Å². The first-order valence-electron chi connectivity index (χ1n) is 6.03. The molecule has 0 aromatic rings. The Morgan fingerprint density at radius 3 is 2.06 bits per heavy atom. The summed E-state index contributed by atoms with van der Waals surface area (Å²) < 4.78 is 0. The summed E-state index contributed by atoms with van der Waals surface area (Å²) in [5.41, 5.74) is 0. The van der Waals surface area contributed by atoms with E-state index in [-0.39, 0.29) is 12.1 Å². The van der Waals surface area contributed by atoms with E-state index in [9.17, 15) is 4.79 Å². The van der Waals surface area contributed by atoms with Gasteiger partial charge in [-0.3, -0.25) is 0 Å². The minimum absolute atomic E-state index is 0.0468. The third-order valence-electron chi connectivity index (χ3n) is 2.10. The molecule has 0 spiro atoms. The van der Waals surface area contributed by atoms with E-state index in [1.165, 1.54) is 0 Å². The lowest BCUT2D eigenvalue weighted by Gasteiger charge is -2.27. The summed E-state index contributed by atoms with van der Waals surface area (Å²) in [6.07, 6.45) is 0.